The van der Waals surface area contributed by atoms with E-state index in [2.05, 4.69) is 5.32 Å². The van der Waals surface area contributed by atoms with Crippen molar-refractivity contribution < 1.29 is 26.7 Å². The van der Waals surface area contributed by atoms with E-state index in [1.54, 1.807) is 24.3 Å². The molecule has 162 valence electrons. The minimum absolute atomic E-state index is 0.0239. The Morgan fingerprint density at radius 3 is 2.39 bits per heavy atom. The predicted octanol–water partition coefficient (Wildman–Crippen LogP) is 4.39. The van der Waals surface area contributed by atoms with Gasteiger partial charge in [0.25, 0.3) is 5.91 Å². The lowest BCUT2D eigenvalue weighted by atomic mass is 10.0. The van der Waals surface area contributed by atoms with Gasteiger partial charge in [0, 0.05) is 23.2 Å². The maximum atomic E-state index is 13.9. The van der Waals surface area contributed by atoms with Crippen LogP contribution in [0.3, 0.4) is 0 Å². The van der Waals surface area contributed by atoms with E-state index in [9.17, 15) is 26.7 Å². The molecule has 0 aromatic heterocycles. The van der Waals surface area contributed by atoms with Crippen molar-refractivity contribution in [2.75, 3.05) is 5.75 Å². The largest absolute Gasteiger partial charge is 0.348 e. The van der Waals surface area contributed by atoms with Gasteiger partial charge in [-0.25, -0.2) is 12.8 Å². The molecule has 6 nitrogen and oxygen atoms in total. The van der Waals surface area contributed by atoms with Crippen LogP contribution in [-0.2, 0) is 16.4 Å². The molecular formula is C22H20FNO5S2. The second kappa shape index (κ2) is 8.08. The van der Waals surface area contributed by atoms with E-state index in [0.29, 0.717) is 0 Å². The van der Waals surface area contributed by atoms with Crippen LogP contribution in [-0.4, -0.2) is 29.2 Å². The molecule has 3 N–H and O–H groups in total. The van der Waals surface area contributed by atoms with E-state index in [4.69, 9.17) is 0 Å². The molecule has 3 aromatic rings. The van der Waals surface area contributed by atoms with Crippen LogP contribution >= 0.6 is 10.6 Å². The molecule has 0 fully saturated rings. The molecule has 1 unspecified atom stereocenters. The summed E-state index contributed by atoms with van der Waals surface area (Å²) in [5.74, 6) is -1.51. The molecule has 0 aliphatic carbocycles. The van der Waals surface area contributed by atoms with Gasteiger partial charge >= 0.3 is 0 Å². The van der Waals surface area contributed by atoms with Crippen molar-refractivity contribution in [3.8, 4) is 0 Å². The van der Waals surface area contributed by atoms with Gasteiger partial charge in [-0.1, -0.05) is 42.5 Å². The second-order valence-corrected chi connectivity index (χ2v) is 11.4. The van der Waals surface area contributed by atoms with Crippen LogP contribution in [0.25, 0.3) is 0 Å². The van der Waals surface area contributed by atoms with E-state index in [1.807, 2.05) is 0 Å². The molecule has 1 heterocycles. The Kier molecular flexibility index (Phi) is 5.61. The number of nitrogens with one attached hydrogen (secondary N) is 1. The van der Waals surface area contributed by atoms with E-state index < -0.39 is 43.2 Å². The minimum Gasteiger partial charge on any atom is -0.348 e. The second-order valence-electron chi connectivity index (χ2n) is 7.17. The van der Waals surface area contributed by atoms with Gasteiger partial charge in [-0.05, 0) is 30.3 Å². The standard InChI is InChI=1S/C22H20FNO5S2/c23-18-11-5-4-7-15(18)13-24-22(25)17-10-6-12-19-21(17)20(14-30(19,26)27)31(28,29)16-8-2-1-3-9-16/h1-12,20,26-27H,13-14H2,(H,24,25). The summed E-state index contributed by atoms with van der Waals surface area (Å²) in [4.78, 5) is 13.0. The maximum absolute atomic E-state index is 13.9. The fourth-order valence-electron chi connectivity index (χ4n) is 3.68. The third-order valence-corrected chi connectivity index (χ3v) is 9.36. The fraction of sp³-hybridized carbons (Fsp3) is 0.136. The molecule has 31 heavy (non-hydrogen) atoms. The molecule has 1 aliphatic heterocycles. The Morgan fingerprint density at radius 2 is 1.68 bits per heavy atom. The molecule has 1 atom stereocenters. The van der Waals surface area contributed by atoms with E-state index in [1.165, 1.54) is 48.5 Å². The maximum Gasteiger partial charge on any atom is 0.251 e. The summed E-state index contributed by atoms with van der Waals surface area (Å²) >= 11 is 0. The average molecular weight is 462 g/mol. The third-order valence-electron chi connectivity index (χ3n) is 5.21. The molecule has 1 aliphatic rings. The van der Waals surface area contributed by atoms with Crippen molar-refractivity contribution in [3.05, 3.63) is 95.3 Å². The number of halogens is 1. The Hall–Kier alpha value is -2.72. The number of carbonyl (C=O) groups is 1. The predicted molar refractivity (Wildman–Crippen MR) is 116 cm³/mol. The molecule has 0 saturated carbocycles. The Bertz CT molecular complexity index is 1250. The normalized spacial score (nSPS) is 18.2. The summed E-state index contributed by atoms with van der Waals surface area (Å²) in [6, 6.07) is 18.0. The monoisotopic (exact) mass is 461 g/mol. The van der Waals surface area contributed by atoms with Crippen LogP contribution in [0.4, 0.5) is 4.39 Å². The van der Waals surface area contributed by atoms with Crippen LogP contribution in [0.15, 0.2) is 82.6 Å². The highest BCUT2D eigenvalue weighted by Crippen LogP contribution is 2.62. The average Bonchev–Trinajstić information content (AvgIpc) is 3.05. The Labute approximate surface area is 181 Å². The van der Waals surface area contributed by atoms with Crippen LogP contribution in [0.1, 0.15) is 26.7 Å². The number of hydrogen-bond donors (Lipinski definition) is 3. The molecular weight excluding hydrogens is 441 g/mol. The highest BCUT2D eigenvalue weighted by Gasteiger charge is 2.45. The fourth-order valence-corrected chi connectivity index (χ4v) is 8.13. The summed E-state index contributed by atoms with van der Waals surface area (Å²) in [6.45, 7) is -0.0957. The van der Waals surface area contributed by atoms with Gasteiger partial charge in [0.2, 0.25) is 0 Å². The Morgan fingerprint density at radius 1 is 1.00 bits per heavy atom. The summed E-state index contributed by atoms with van der Waals surface area (Å²) < 4.78 is 61.6. The highest BCUT2D eigenvalue weighted by molar-refractivity contribution is 8.25. The van der Waals surface area contributed by atoms with E-state index >= 15 is 0 Å². The smallest absolute Gasteiger partial charge is 0.251 e. The number of benzene rings is 3. The molecule has 3 aromatic carbocycles. The molecule has 0 spiro atoms. The van der Waals surface area contributed by atoms with Crippen molar-refractivity contribution in [1.29, 1.82) is 0 Å². The topological polar surface area (TPSA) is 104 Å². The quantitative estimate of drug-likeness (QED) is 0.523. The van der Waals surface area contributed by atoms with Crippen LogP contribution in [0.5, 0.6) is 0 Å². The number of hydrogen-bond acceptors (Lipinski definition) is 5. The number of carbonyl (C=O) groups excluding carboxylic acids is 1. The van der Waals surface area contributed by atoms with Gasteiger partial charge in [-0.2, -0.15) is 10.6 Å². The summed E-state index contributed by atoms with van der Waals surface area (Å²) in [5, 5.41) is 1.31. The van der Waals surface area contributed by atoms with E-state index in [0.717, 1.165) is 0 Å². The first-order valence-electron chi connectivity index (χ1n) is 9.41. The zero-order valence-electron chi connectivity index (χ0n) is 16.2. The molecule has 0 saturated heterocycles. The van der Waals surface area contributed by atoms with Crippen LogP contribution in [0, 0.1) is 5.82 Å². The molecule has 0 bridgehead atoms. The van der Waals surface area contributed by atoms with Crippen molar-refractivity contribution in [1.82, 2.24) is 5.32 Å². The number of rotatable bonds is 5. The third kappa shape index (κ3) is 3.97. The van der Waals surface area contributed by atoms with E-state index in [-0.39, 0.29) is 33.0 Å². The molecule has 1 amide bonds. The van der Waals surface area contributed by atoms with Crippen molar-refractivity contribution in [3.63, 3.8) is 0 Å². The van der Waals surface area contributed by atoms with Gasteiger partial charge in [0.1, 0.15) is 11.1 Å². The lowest BCUT2D eigenvalue weighted by molar-refractivity contribution is 0.0949. The number of sulfone groups is 1. The first-order chi connectivity index (χ1) is 14.7. The first kappa shape index (κ1) is 21.5. The van der Waals surface area contributed by atoms with Gasteiger partial charge < -0.3 is 5.32 Å². The first-order valence-corrected chi connectivity index (χ1v) is 12.7. The molecule has 9 heteroatoms. The molecule has 4 rings (SSSR count). The van der Waals surface area contributed by atoms with Crippen molar-refractivity contribution in [2.24, 2.45) is 0 Å². The van der Waals surface area contributed by atoms with Gasteiger partial charge in [0.05, 0.1) is 15.5 Å². The van der Waals surface area contributed by atoms with Crippen molar-refractivity contribution in [2.45, 2.75) is 21.6 Å². The van der Waals surface area contributed by atoms with Gasteiger partial charge in [0.15, 0.2) is 9.84 Å². The van der Waals surface area contributed by atoms with Gasteiger partial charge in [-0.3, -0.25) is 13.9 Å². The highest BCUT2D eigenvalue weighted by atomic mass is 32.3. The van der Waals surface area contributed by atoms with Gasteiger partial charge in [-0.15, -0.1) is 0 Å². The number of amides is 1. The summed E-state index contributed by atoms with van der Waals surface area (Å²) in [7, 11) is -7.39. The summed E-state index contributed by atoms with van der Waals surface area (Å²) in [6.07, 6.45) is 0. The minimum atomic E-state index is -3.99. The summed E-state index contributed by atoms with van der Waals surface area (Å²) in [5.41, 5.74) is 0.384. The van der Waals surface area contributed by atoms with Crippen LogP contribution in [0.2, 0.25) is 0 Å². The number of fused-ring (bicyclic) bond motifs is 1. The van der Waals surface area contributed by atoms with Crippen LogP contribution < -0.4 is 5.32 Å². The lowest BCUT2D eigenvalue weighted by Gasteiger charge is -2.27. The van der Waals surface area contributed by atoms with Crippen molar-refractivity contribution >= 4 is 26.3 Å². The Balaban J connectivity index is 1.73. The zero-order valence-corrected chi connectivity index (χ0v) is 17.9. The lowest BCUT2D eigenvalue weighted by Crippen LogP contribution is -2.26. The molecule has 0 radical (unpaired) electrons. The zero-order chi connectivity index (χ0) is 22.2. The SMILES string of the molecule is O=C(NCc1ccccc1F)c1cccc2c1C(S(=O)(=O)c1ccccc1)CS2(O)O.